The molecule has 0 fully saturated rings. The summed E-state index contributed by atoms with van der Waals surface area (Å²) in [5, 5.41) is 7.73. The maximum absolute atomic E-state index is 5.47. The second-order valence-electron chi connectivity index (χ2n) is 3.68. The number of methoxy groups -OCH3 is 2. The molecule has 0 saturated carbocycles. The third-order valence-electron chi connectivity index (χ3n) is 2.44. The molecule has 0 aliphatic carbocycles. The molecule has 5 nitrogen and oxygen atoms in total. The van der Waals surface area contributed by atoms with Crippen LogP contribution < -0.4 is 9.47 Å². The summed E-state index contributed by atoms with van der Waals surface area (Å²) in [7, 11) is 3.14. The van der Waals surface area contributed by atoms with Crippen LogP contribution in [-0.2, 0) is 4.74 Å². The highest BCUT2D eigenvalue weighted by atomic mass is 79.9. The molecule has 0 unspecified atom stereocenters. The number of rotatable bonds is 5. The monoisotopic (exact) mass is 324 g/mol. The first-order valence-electron chi connectivity index (χ1n) is 5.53. The molecule has 0 aliphatic heterocycles. The second-order valence-corrected chi connectivity index (χ2v) is 4.54. The Morgan fingerprint density at radius 2 is 2.00 bits per heavy atom. The zero-order valence-corrected chi connectivity index (χ0v) is 12.2. The molecule has 6 heteroatoms. The van der Waals surface area contributed by atoms with Gasteiger partial charge in [0.15, 0.2) is 6.79 Å². The minimum Gasteiger partial charge on any atom is -0.480 e. The second kappa shape index (κ2) is 6.49. The van der Waals surface area contributed by atoms with Crippen LogP contribution in [0.5, 0.6) is 11.6 Å². The molecule has 2 rings (SSSR count). The highest BCUT2D eigenvalue weighted by Crippen LogP contribution is 2.31. The number of nitrogens with zero attached hydrogens (tertiary/aromatic N) is 2. The largest absolute Gasteiger partial charge is 0.480 e. The smallest absolute Gasteiger partial charge is 0.233 e. The molecule has 0 saturated heterocycles. The minimum atomic E-state index is 0.194. The molecule has 0 amide bonds. The lowest BCUT2D eigenvalue weighted by Gasteiger charge is -2.09. The van der Waals surface area contributed by atoms with Gasteiger partial charge in [0.1, 0.15) is 5.75 Å². The van der Waals surface area contributed by atoms with E-state index in [1.54, 1.807) is 20.4 Å². The molecule has 0 atom stereocenters. The Hall–Kier alpha value is -1.66. The molecule has 2 aromatic rings. The first kappa shape index (κ1) is 13.8. The number of hydrogen-bond donors (Lipinski definition) is 0. The summed E-state index contributed by atoms with van der Waals surface area (Å²) >= 11 is 3.43. The van der Waals surface area contributed by atoms with E-state index >= 15 is 0 Å². The van der Waals surface area contributed by atoms with Crippen molar-refractivity contribution in [3.05, 3.63) is 34.9 Å². The SMILES string of the molecule is COCOc1cc(-c2cnnc(OC)c2)ccc1Br. The van der Waals surface area contributed by atoms with Crippen molar-refractivity contribution in [2.45, 2.75) is 0 Å². The number of ether oxygens (including phenoxy) is 3. The Balaban J connectivity index is 2.33. The van der Waals surface area contributed by atoms with E-state index in [1.165, 1.54) is 0 Å². The quantitative estimate of drug-likeness (QED) is 0.791. The standard InChI is InChI=1S/C13H13BrN2O3/c1-17-8-19-12-5-9(3-4-11(12)14)10-6-13(18-2)16-15-7-10/h3-7H,8H2,1-2H3. The summed E-state index contributed by atoms with van der Waals surface area (Å²) in [6, 6.07) is 7.59. The molecule has 100 valence electrons. The van der Waals surface area contributed by atoms with E-state index in [1.807, 2.05) is 24.3 Å². The summed E-state index contributed by atoms with van der Waals surface area (Å²) in [4.78, 5) is 0. The van der Waals surface area contributed by atoms with Crippen LogP contribution in [0, 0.1) is 0 Å². The molecular weight excluding hydrogens is 312 g/mol. The fourth-order valence-electron chi connectivity index (χ4n) is 1.52. The molecule has 0 bridgehead atoms. The molecular formula is C13H13BrN2O3. The maximum atomic E-state index is 5.47. The van der Waals surface area contributed by atoms with Gasteiger partial charge in [-0.05, 0) is 33.6 Å². The first-order valence-corrected chi connectivity index (χ1v) is 6.32. The molecule has 0 aliphatic rings. The zero-order valence-electron chi connectivity index (χ0n) is 10.6. The van der Waals surface area contributed by atoms with Gasteiger partial charge in [-0.2, -0.15) is 5.10 Å². The Morgan fingerprint density at radius 1 is 1.16 bits per heavy atom. The van der Waals surface area contributed by atoms with E-state index in [2.05, 4.69) is 26.1 Å². The van der Waals surface area contributed by atoms with Gasteiger partial charge in [0, 0.05) is 18.7 Å². The fraction of sp³-hybridized carbons (Fsp3) is 0.231. The first-order chi connectivity index (χ1) is 9.24. The topological polar surface area (TPSA) is 53.5 Å². The van der Waals surface area contributed by atoms with Gasteiger partial charge in [-0.3, -0.25) is 0 Å². The summed E-state index contributed by atoms with van der Waals surface area (Å²) in [5.74, 6) is 1.18. The third-order valence-corrected chi connectivity index (χ3v) is 3.09. The van der Waals surface area contributed by atoms with Crippen molar-refractivity contribution < 1.29 is 14.2 Å². The van der Waals surface area contributed by atoms with E-state index in [4.69, 9.17) is 14.2 Å². The van der Waals surface area contributed by atoms with Crippen molar-refractivity contribution in [3.63, 3.8) is 0 Å². The molecule has 1 aromatic carbocycles. The minimum absolute atomic E-state index is 0.194. The van der Waals surface area contributed by atoms with Crippen molar-refractivity contribution in [2.75, 3.05) is 21.0 Å². The molecule has 0 radical (unpaired) electrons. The molecule has 1 aromatic heterocycles. The fourth-order valence-corrected chi connectivity index (χ4v) is 1.88. The van der Waals surface area contributed by atoms with Gasteiger partial charge in [-0.15, -0.1) is 5.10 Å². The maximum Gasteiger partial charge on any atom is 0.233 e. The van der Waals surface area contributed by atoms with Crippen LogP contribution in [0.15, 0.2) is 34.9 Å². The lowest BCUT2D eigenvalue weighted by Crippen LogP contribution is -1.99. The zero-order chi connectivity index (χ0) is 13.7. The van der Waals surface area contributed by atoms with Crippen LogP contribution in [0.25, 0.3) is 11.1 Å². The van der Waals surface area contributed by atoms with E-state index < -0.39 is 0 Å². The number of halogens is 1. The van der Waals surface area contributed by atoms with Crippen molar-refractivity contribution in [2.24, 2.45) is 0 Å². The van der Waals surface area contributed by atoms with Crippen LogP contribution in [-0.4, -0.2) is 31.2 Å². The van der Waals surface area contributed by atoms with Gasteiger partial charge in [-0.25, -0.2) is 0 Å². The van der Waals surface area contributed by atoms with E-state index in [0.717, 1.165) is 15.6 Å². The van der Waals surface area contributed by atoms with Crippen molar-refractivity contribution in [3.8, 4) is 22.8 Å². The predicted octanol–water partition coefficient (Wildman–Crippen LogP) is 2.90. The van der Waals surface area contributed by atoms with Gasteiger partial charge in [-0.1, -0.05) is 6.07 Å². The van der Waals surface area contributed by atoms with Crippen LogP contribution in [0.2, 0.25) is 0 Å². The molecule has 1 heterocycles. The van der Waals surface area contributed by atoms with E-state index in [9.17, 15) is 0 Å². The molecule has 0 N–H and O–H groups in total. The van der Waals surface area contributed by atoms with E-state index in [-0.39, 0.29) is 6.79 Å². The average Bonchev–Trinajstić information content (AvgIpc) is 2.46. The van der Waals surface area contributed by atoms with Crippen LogP contribution >= 0.6 is 15.9 Å². The third kappa shape index (κ3) is 3.42. The van der Waals surface area contributed by atoms with Crippen molar-refractivity contribution in [1.29, 1.82) is 0 Å². The lowest BCUT2D eigenvalue weighted by atomic mass is 10.1. The number of hydrogen-bond acceptors (Lipinski definition) is 5. The summed E-state index contributed by atoms with van der Waals surface area (Å²) in [5.41, 5.74) is 1.86. The van der Waals surface area contributed by atoms with Gasteiger partial charge in [0.25, 0.3) is 0 Å². The Morgan fingerprint density at radius 3 is 2.74 bits per heavy atom. The molecule has 19 heavy (non-hydrogen) atoms. The summed E-state index contributed by atoms with van der Waals surface area (Å²) < 4.78 is 16.3. The van der Waals surface area contributed by atoms with Crippen LogP contribution in [0.3, 0.4) is 0 Å². The normalized spacial score (nSPS) is 10.3. The highest BCUT2D eigenvalue weighted by molar-refractivity contribution is 9.10. The summed E-state index contributed by atoms with van der Waals surface area (Å²) in [6.45, 7) is 0.194. The summed E-state index contributed by atoms with van der Waals surface area (Å²) in [6.07, 6.45) is 1.67. The van der Waals surface area contributed by atoms with Crippen LogP contribution in [0.4, 0.5) is 0 Å². The lowest BCUT2D eigenvalue weighted by molar-refractivity contribution is 0.0506. The van der Waals surface area contributed by atoms with Gasteiger partial charge in [0.05, 0.1) is 17.8 Å². The average molecular weight is 325 g/mol. The Labute approximate surface area is 119 Å². The highest BCUT2D eigenvalue weighted by Gasteiger charge is 2.06. The number of aromatic nitrogens is 2. The number of benzene rings is 1. The van der Waals surface area contributed by atoms with Gasteiger partial charge < -0.3 is 14.2 Å². The predicted molar refractivity (Wildman–Crippen MR) is 74.2 cm³/mol. The van der Waals surface area contributed by atoms with E-state index in [0.29, 0.717) is 11.6 Å². The Bertz CT molecular complexity index is 563. The van der Waals surface area contributed by atoms with Crippen LogP contribution in [0.1, 0.15) is 0 Å². The molecule has 0 spiro atoms. The van der Waals surface area contributed by atoms with Crippen molar-refractivity contribution >= 4 is 15.9 Å². The van der Waals surface area contributed by atoms with Crippen molar-refractivity contribution in [1.82, 2.24) is 10.2 Å². The van der Waals surface area contributed by atoms with Gasteiger partial charge >= 0.3 is 0 Å². The Kier molecular flexibility index (Phi) is 4.70. The van der Waals surface area contributed by atoms with Gasteiger partial charge in [0.2, 0.25) is 5.88 Å².